The van der Waals surface area contributed by atoms with Crippen molar-refractivity contribution in [3.05, 3.63) is 83.7 Å². The average molecular weight is 406 g/mol. The lowest BCUT2D eigenvalue weighted by Crippen LogP contribution is -2.30. The summed E-state index contributed by atoms with van der Waals surface area (Å²) in [6, 6.07) is 17.7. The third-order valence-electron chi connectivity index (χ3n) is 4.42. The first-order valence-electron chi connectivity index (χ1n) is 8.86. The van der Waals surface area contributed by atoms with Gasteiger partial charge in [0.25, 0.3) is 5.91 Å². The number of nitrogens with zero attached hydrogens (tertiary/aromatic N) is 3. The van der Waals surface area contributed by atoms with Gasteiger partial charge in [0.1, 0.15) is 0 Å². The van der Waals surface area contributed by atoms with Gasteiger partial charge in [-0.25, -0.2) is 4.98 Å². The highest BCUT2D eigenvalue weighted by molar-refractivity contribution is 7.98. The zero-order valence-corrected chi connectivity index (χ0v) is 17.3. The molecule has 28 heavy (non-hydrogen) atoms. The second kappa shape index (κ2) is 8.12. The number of benzene rings is 2. The molecule has 4 nitrogen and oxygen atoms in total. The first kappa shape index (κ1) is 18.7. The highest BCUT2D eigenvalue weighted by Crippen LogP contribution is 2.33. The maximum Gasteiger partial charge on any atom is 0.260 e. The summed E-state index contributed by atoms with van der Waals surface area (Å²) < 4.78 is 1.08. The molecule has 2 aromatic carbocycles. The van der Waals surface area contributed by atoms with Crippen molar-refractivity contribution in [1.29, 1.82) is 0 Å². The van der Waals surface area contributed by atoms with Crippen LogP contribution in [-0.2, 0) is 6.54 Å². The number of pyridine rings is 1. The molecule has 6 heteroatoms. The molecule has 0 aliphatic rings. The fourth-order valence-electron chi connectivity index (χ4n) is 2.89. The Balaban J connectivity index is 1.75. The van der Waals surface area contributed by atoms with E-state index in [0.717, 1.165) is 21.3 Å². The monoisotopic (exact) mass is 405 g/mol. The first-order valence-corrected chi connectivity index (χ1v) is 10.9. The minimum absolute atomic E-state index is 0.0620. The second-order valence-electron chi connectivity index (χ2n) is 6.45. The fourth-order valence-corrected chi connectivity index (χ4v) is 4.40. The van der Waals surface area contributed by atoms with Crippen molar-refractivity contribution in [2.75, 3.05) is 11.2 Å². The average Bonchev–Trinajstić information content (AvgIpc) is 3.15. The molecule has 0 saturated carbocycles. The van der Waals surface area contributed by atoms with Gasteiger partial charge in [0, 0.05) is 22.9 Å². The van der Waals surface area contributed by atoms with Crippen molar-refractivity contribution in [3.63, 3.8) is 0 Å². The number of hydrogen-bond acceptors (Lipinski definition) is 5. The minimum Gasteiger partial charge on any atom is -0.279 e. The van der Waals surface area contributed by atoms with Crippen LogP contribution in [0.4, 0.5) is 5.13 Å². The van der Waals surface area contributed by atoms with Crippen LogP contribution in [0.25, 0.3) is 10.2 Å². The lowest BCUT2D eigenvalue weighted by molar-refractivity contribution is 0.0985. The maximum atomic E-state index is 13.3. The lowest BCUT2D eigenvalue weighted by Gasteiger charge is -2.20. The zero-order valence-electron chi connectivity index (χ0n) is 15.6. The summed E-state index contributed by atoms with van der Waals surface area (Å²) in [6.07, 6.45) is 5.57. The van der Waals surface area contributed by atoms with E-state index < -0.39 is 0 Å². The highest BCUT2D eigenvalue weighted by atomic mass is 32.2. The summed E-state index contributed by atoms with van der Waals surface area (Å²) in [6.45, 7) is 2.44. The predicted molar refractivity (Wildman–Crippen MR) is 117 cm³/mol. The Morgan fingerprint density at radius 2 is 1.96 bits per heavy atom. The number of rotatable bonds is 5. The molecule has 1 amide bonds. The summed E-state index contributed by atoms with van der Waals surface area (Å²) >= 11 is 3.24. The van der Waals surface area contributed by atoms with Gasteiger partial charge in [0.2, 0.25) is 0 Å². The molecule has 140 valence electrons. The summed E-state index contributed by atoms with van der Waals surface area (Å²) in [5.74, 6) is -0.0620. The van der Waals surface area contributed by atoms with E-state index in [4.69, 9.17) is 4.98 Å². The molecule has 2 heterocycles. The molecule has 2 aromatic heterocycles. The van der Waals surface area contributed by atoms with Crippen LogP contribution in [0.2, 0.25) is 0 Å². The van der Waals surface area contributed by atoms with Crippen LogP contribution < -0.4 is 4.90 Å². The van der Waals surface area contributed by atoms with Crippen molar-refractivity contribution < 1.29 is 4.79 Å². The number of thiazole rings is 1. The summed E-state index contributed by atoms with van der Waals surface area (Å²) in [4.78, 5) is 25.2. The van der Waals surface area contributed by atoms with E-state index in [1.165, 1.54) is 4.90 Å². The van der Waals surface area contributed by atoms with E-state index >= 15 is 0 Å². The van der Waals surface area contributed by atoms with Crippen molar-refractivity contribution >= 4 is 44.4 Å². The van der Waals surface area contributed by atoms with Crippen LogP contribution in [0.15, 0.2) is 71.9 Å². The summed E-state index contributed by atoms with van der Waals surface area (Å²) in [7, 11) is 0. The van der Waals surface area contributed by atoms with Gasteiger partial charge in [-0.3, -0.25) is 14.7 Å². The Labute approximate surface area is 172 Å². The third-order valence-corrected chi connectivity index (χ3v) is 6.19. The van der Waals surface area contributed by atoms with Crippen LogP contribution in [0.5, 0.6) is 0 Å². The standard InChI is InChI=1S/C22H19N3OS2/c1-15-5-7-17(8-6-15)21(26)25(14-16-4-3-11-23-13-16)22-24-19-10-9-18(27-2)12-20(19)28-22/h3-13H,14H2,1-2H3. The summed E-state index contributed by atoms with van der Waals surface area (Å²) in [5.41, 5.74) is 3.65. The Bertz CT molecular complexity index is 1110. The number of aryl methyl sites for hydroxylation is 1. The van der Waals surface area contributed by atoms with Gasteiger partial charge in [-0.2, -0.15) is 0 Å². The molecule has 4 rings (SSSR count). The van der Waals surface area contributed by atoms with E-state index in [1.54, 1.807) is 40.4 Å². The number of hydrogen-bond donors (Lipinski definition) is 0. The smallest absolute Gasteiger partial charge is 0.260 e. The number of thioether (sulfide) groups is 1. The second-order valence-corrected chi connectivity index (χ2v) is 8.34. The predicted octanol–water partition coefficient (Wildman–Crippen LogP) is 5.57. The molecule has 0 bridgehead atoms. The Morgan fingerprint density at radius 1 is 1.14 bits per heavy atom. The van der Waals surface area contributed by atoms with Crippen molar-refractivity contribution in [2.45, 2.75) is 18.4 Å². The molecule has 0 aliphatic carbocycles. The highest BCUT2D eigenvalue weighted by Gasteiger charge is 2.22. The van der Waals surface area contributed by atoms with E-state index in [9.17, 15) is 4.79 Å². The molecule has 4 aromatic rings. The normalized spacial score (nSPS) is 10.9. The molecule has 0 spiro atoms. The number of carbonyl (C=O) groups is 1. The van der Waals surface area contributed by atoms with Crippen LogP contribution >= 0.6 is 23.1 Å². The zero-order chi connectivity index (χ0) is 19.5. The van der Waals surface area contributed by atoms with Gasteiger partial charge in [0.15, 0.2) is 5.13 Å². The van der Waals surface area contributed by atoms with Crippen molar-refractivity contribution in [1.82, 2.24) is 9.97 Å². The Hall–Kier alpha value is -2.70. The van der Waals surface area contributed by atoms with Gasteiger partial charge >= 0.3 is 0 Å². The molecule has 0 radical (unpaired) electrons. The van der Waals surface area contributed by atoms with Crippen LogP contribution in [-0.4, -0.2) is 22.1 Å². The van der Waals surface area contributed by atoms with E-state index in [1.807, 2.05) is 49.4 Å². The molecule has 0 unspecified atom stereocenters. The van der Waals surface area contributed by atoms with Gasteiger partial charge in [-0.1, -0.05) is 35.1 Å². The van der Waals surface area contributed by atoms with E-state index in [2.05, 4.69) is 23.4 Å². The van der Waals surface area contributed by atoms with Gasteiger partial charge in [-0.15, -0.1) is 11.8 Å². The van der Waals surface area contributed by atoms with Crippen molar-refractivity contribution in [2.24, 2.45) is 0 Å². The number of carbonyl (C=O) groups excluding carboxylic acids is 1. The first-order chi connectivity index (χ1) is 13.6. The lowest BCUT2D eigenvalue weighted by atomic mass is 10.1. The number of fused-ring (bicyclic) bond motifs is 1. The number of anilines is 1. The topological polar surface area (TPSA) is 46.1 Å². The van der Waals surface area contributed by atoms with Crippen LogP contribution in [0.1, 0.15) is 21.5 Å². The quantitative estimate of drug-likeness (QED) is 0.407. The van der Waals surface area contributed by atoms with Gasteiger partial charge < -0.3 is 0 Å². The molecule has 0 saturated heterocycles. The SMILES string of the molecule is CSc1ccc2nc(N(Cc3cccnc3)C(=O)c3ccc(C)cc3)sc2c1. The van der Waals surface area contributed by atoms with E-state index in [-0.39, 0.29) is 5.91 Å². The van der Waals surface area contributed by atoms with Crippen LogP contribution in [0.3, 0.4) is 0 Å². The van der Waals surface area contributed by atoms with Gasteiger partial charge in [-0.05, 0) is 55.1 Å². The number of aromatic nitrogens is 2. The summed E-state index contributed by atoms with van der Waals surface area (Å²) in [5, 5.41) is 0.697. The van der Waals surface area contributed by atoms with Crippen molar-refractivity contribution in [3.8, 4) is 0 Å². The molecule has 0 aliphatic heterocycles. The van der Waals surface area contributed by atoms with E-state index in [0.29, 0.717) is 17.2 Å². The molecular formula is C22H19N3OS2. The Kier molecular flexibility index (Phi) is 5.41. The largest absolute Gasteiger partial charge is 0.279 e. The minimum atomic E-state index is -0.0620. The number of amides is 1. The van der Waals surface area contributed by atoms with Gasteiger partial charge in [0.05, 0.1) is 16.8 Å². The molecule has 0 fully saturated rings. The Morgan fingerprint density at radius 3 is 2.68 bits per heavy atom. The maximum absolute atomic E-state index is 13.3. The fraction of sp³-hybridized carbons (Fsp3) is 0.136. The van der Waals surface area contributed by atoms with Crippen LogP contribution in [0, 0.1) is 6.92 Å². The molecule has 0 N–H and O–H groups in total. The molecular weight excluding hydrogens is 386 g/mol. The molecule has 0 atom stereocenters. The third kappa shape index (κ3) is 3.93.